The molecule has 8 nitrogen and oxygen atoms in total. The number of hydrogen-bond acceptors (Lipinski definition) is 6. The van der Waals surface area contributed by atoms with E-state index in [2.05, 4.69) is 5.32 Å². The molecule has 9 heteroatoms. The summed E-state index contributed by atoms with van der Waals surface area (Å²) in [6.07, 6.45) is 0. The Labute approximate surface area is 227 Å². The lowest BCUT2D eigenvalue weighted by Gasteiger charge is -2.26. The molecule has 0 unspecified atom stereocenters. The molecule has 0 spiro atoms. The number of ether oxygens (including phenoxy) is 2. The van der Waals surface area contributed by atoms with Crippen LogP contribution in [0.1, 0.15) is 33.2 Å². The molecule has 0 aromatic heterocycles. The first-order chi connectivity index (χ1) is 18.8. The van der Waals surface area contributed by atoms with Gasteiger partial charge < -0.3 is 14.8 Å². The molecule has 0 heterocycles. The maximum absolute atomic E-state index is 13.9. The number of para-hydroxylation sites is 1. The maximum atomic E-state index is 13.9. The number of carbonyl (C=O) groups excluding carboxylic acids is 2. The lowest BCUT2D eigenvalue weighted by Crippen LogP contribution is -2.32. The predicted molar refractivity (Wildman–Crippen MR) is 150 cm³/mol. The number of hydrogen-bond donors (Lipinski definition) is 1. The quantitative estimate of drug-likeness (QED) is 0.264. The van der Waals surface area contributed by atoms with E-state index in [9.17, 15) is 18.0 Å². The number of amides is 1. The fourth-order valence-electron chi connectivity index (χ4n) is 3.91. The number of carbonyl (C=O) groups is 2. The molecule has 4 aromatic rings. The summed E-state index contributed by atoms with van der Waals surface area (Å²) >= 11 is 0. The van der Waals surface area contributed by atoms with E-state index in [0.29, 0.717) is 17.0 Å². The van der Waals surface area contributed by atoms with E-state index in [1.807, 2.05) is 30.3 Å². The van der Waals surface area contributed by atoms with Crippen LogP contribution in [0.3, 0.4) is 0 Å². The van der Waals surface area contributed by atoms with Crippen LogP contribution in [0.25, 0.3) is 0 Å². The van der Waals surface area contributed by atoms with Crippen molar-refractivity contribution >= 4 is 33.3 Å². The van der Waals surface area contributed by atoms with Crippen LogP contribution >= 0.6 is 0 Å². The maximum Gasteiger partial charge on any atom is 0.338 e. The number of methoxy groups -OCH3 is 1. The number of benzene rings is 4. The van der Waals surface area contributed by atoms with Gasteiger partial charge in [0.1, 0.15) is 5.75 Å². The third-order valence-electron chi connectivity index (χ3n) is 5.89. The lowest BCUT2D eigenvalue weighted by atomic mass is 10.1. The molecule has 4 rings (SSSR count). The van der Waals surface area contributed by atoms with Crippen LogP contribution in [-0.2, 0) is 21.3 Å². The molecule has 0 saturated heterocycles. The molecule has 1 amide bonds. The normalized spacial score (nSPS) is 10.9. The Kier molecular flexibility index (Phi) is 8.63. The van der Waals surface area contributed by atoms with Crippen molar-refractivity contribution in [3.63, 3.8) is 0 Å². The van der Waals surface area contributed by atoms with Gasteiger partial charge in [0.05, 0.1) is 42.0 Å². The molecule has 0 aliphatic heterocycles. The molecule has 0 atom stereocenters. The predicted octanol–water partition coefficient (Wildman–Crippen LogP) is 5.52. The largest absolute Gasteiger partial charge is 0.497 e. The lowest BCUT2D eigenvalue weighted by molar-refractivity contribution is 0.0526. The molecule has 1 N–H and O–H groups in total. The summed E-state index contributed by atoms with van der Waals surface area (Å²) in [6.45, 7) is 1.99. The highest BCUT2D eigenvalue weighted by molar-refractivity contribution is 7.92. The van der Waals surface area contributed by atoms with Crippen LogP contribution in [0.2, 0.25) is 0 Å². The summed E-state index contributed by atoms with van der Waals surface area (Å²) in [5.41, 5.74) is 1.93. The first-order valence-electron chi connectivity index (χ1n) is 12.2. The zero-order chi connectivity index (χ0) is 27.8. The summed E-state index contributed by atoms with van der Waals surface area (Å²) in [5.74, 6) is -0.434. The number of esters is 1. The average molecular weight is 545 g/mol. The summed E-state index contributed by atoms with van der Waals surface area (Å²) in [5, 5.41) is 2.79. The molecule has 0 radical (unpaired) electrons. The van der Waals surface area contributed by atoms with Gasteiger partial charge in [0.2, 0.25) is 0 Å². The number of rotatable bonds is 10. The fraction of sp³-hybridized carbons (Fsp3) is 0.133. The van der Waals surface area contributed by atoms with E-state index in [1.54, 1.807) is 67.6 Å². The van der Waals surface area contributed by atoms with Crippen molar-refractivity contribution in [1.29, 1.82) is 0 Å². The second kappa shape index (κ2) is 12.3. The van der Waals surface area contributed by atoms with Crippen molar-refractivity contribution < 1.29 is 27.5 Å². The number of anilines is 2. The van der Waals surface area contributed by atoms with Gasteiger partial charge >= 0.3 is 5.97 Å². The van der Waals surface area contributed by atoms with Gasteiger partial charge in [0, 0.05) is 5.69 Å². The Bertz CT molecular complexity index is 1540. The molecule has 200 valence electrons. The van der Waals surface area contributed by atoms with Crippen molar-refractivity contribution in [1.82, 2.24) is 0 Å². The van der Waals surface area contributed by atoms with Crippen molar-refractivity contribution in [2.45, 2.75) is 18.4 Å². The van der Waals surface area contributed by atoms with Gasteiger partial charge in [-0.2, -0.15) is 0 Å². The van der Waals surface area contributed by atoms with Gasteiger partial charge in [-0.3, -0.25) is 9.10 Å². The summed E-state index contributed by atoms with van der Waals surface area (Å²) < 4.78 is 39.3. The third kappa shape index (κ3) is 6.45. The van der Waals surface area contributed by atoms with Crippen LogP contribution in [0.15, 0.2) is 108 Å². The summed E-state index contributed by atoms with van der Waals surface area (Å²) in [4.78, 5) is 25.4. The minimum atomic E-state index is -4.08. The molecule has 0 aliphatic carbocycles. The smallest absolute Gasteiger partial charge is 0.338 e. The second-order valence-corrected chi connectivity index (χ2v) is 10.3. The Morgan fingerprint density at radius 1 is 0.821 bits per heavy atom. The van der Waals surface area contributed by atoms with Crippen LogP contribution in [-0.4, -0.2) is 34.0 Å². The molecule has 0 aliphatic rings. The van der Waals surface area contributed by atoms with Crippen LogP contribution in [0.5, 0.6) is 5.75 Å². The minimum Gasteiger partial charge on any atom is -0.497 e. The van der Waals surface area contributed by atoms with Gasteiger partial charge in [-0.05, 0) is 73.2 Å². The second-order valence-electron chi connectivity index (χ2n) is 8.44. The van der Waals surface area contributed by atoms with Crippen molar-refractivity contribution in [2.24, 2.45) is 0 Å². The van der Waals surface area contributed by atoms with E-state index < -0.39 is 21.9 Å². The highest BCUT2D eigenvalue weighted by atomic mass is 32.2. The third-order valence-corrected chi connectivity index (χ3v) is 7.66. The monoisotopic (exact) mass is 544 g/mol. The number of nitrogens with zero attached hydrogens (tertiary/aromatic N) is 1. The van der Waals surface area contributed by atoms with E-state index in [-0.39, 0.29) is 29.3 Å². The zero-order valence-electron chi connectivity index (χ0n) is 21.5. The van der Waals surface area contributed by atoms with Crippen molar-refractivity contribution in [2.75, 3.05) is 23.3 Å². The standard InChI is InChI=1S/C30H28N2O6S/c1-3-38-30(34)23-13-15-24(16-14-23)31-29(33)27-11-7-8-12-28(27)32(21-22-9-5-4-6-10-22)39(35,36)26-19-17-25(37-2)18-20-26/h4-20H,3,21H2,1-2H3,(H,31,33). The minimum absolute atomic E-state index is 0.00767. The van der Waals surface area contributed by atoms with Crippen LogP contribution in [0.4, 0.5) is 11.4 Å². The Balaban J connectivity index is 1.70. The van der Waals surface area contributed by atoms with E-state index >= 15 is 0 Å². The zero-order valence-corrected chi connectivity index (χ0v) is 22.4. The summed E-state index contributed by atoms with van der Waals surface area (Å²) in [7, 11) is -2.58. The fourth-order valence-corrected chi connectivity index (χ4v) is 5.38. The van der Waals surface area contributed by atoms with E-state index in [4.69, 9.17) is 9.47 Å². The Morgan fingerprint density at radius 2 is 1.46 bits per heavy atom. The summed E-state index contributed by atoms with van der Waals surface area (Å²) in [6, 6.07) is 28.0. The Hall–Kier alpha value is -4.63. The highest BCUT2D eigenvalue weighted by Gasteiger charge is 2.29. The molecule has 0 saturated carbocycles. The van der Waals surface area contributed by atoms with Gasteiger partial charge in [-0.25, -0.2) is 13.2 Å². The van der Waals surface area contributed by atoms with Crippen LogP contribution < -0.4 is 14.4 Å². The molecule has 0 bridgehead atoms. The van der Waals surface area contributed by atoms with Gasteiger partial charge in [-0.1, -0.05) is 42.5 Å². The first kappa shape index (κ1) is 27.4. The van der Waals surface area contributed by atoms with Gasteiger partial charge in [-0.15, -0.1) is 0 Å². The number of nitrogens with one attached hydrogen (secondary N) is 1. The van der Waals surface area contributed by atoms with Crippen LogP contribution in [0, 0.1) is 0 Å². The first-order valence-corrected chi connectivity index (χ1v) is 13.7. The van der Waals surface area contributed by atoms with Gasteiger partial charge in [0.25, 0.3) is 15.9 Å². The van der Waals surface area contributed by atoms with E-state index in [0.717, 1.165) is 5.56 Å². The molecule has 39 heavy (non-hydrogen) atoms. The molecular weight excluding hydrogens is 516 g/mol. The molecule has 4 aromatic carbocycles. The highest BCUT2D eigenvalue weighted by Crippen LogP contribution is 2.30. The SMILES string of the molecule is CCOC(=O)c1ccc(NC(=O)c2ccccc2N(Cc2ccccc2)S(=O)(=O)c2ccc(OC)cc2)cc1. The topological polar surface area (TPSA) is 102 Å². The van der Waals surface area contributed by atoms with Crippen molar-refractivity contribution in [3.05, 3.63) is 120 Å². The number of sulfonamides is 1. The van der Waals surface area contributed by atoms with Crippen molar-refractivity contribution in [3.8, 4) is 5.75 Å². The molecular formula is C30H28N2O6S. The molecule has 0 fully saturated rings. The van der Waals surface area contributed by atoms with E-state index in [1.165, 1.54) is 23.5 Å². The van der Waals surface area contributed by atoms with Gasteiger partial charge in [0.15, 0.2) is 0 Å². The Morgan fingerprint density at radius 3 is 2.10 bits per heavy atom. The average Bonchev–Trinajstić information content (AvgIpc) is 2.97.